The number of aliphatic imine (C=N–C) groups is 1. The Bertz CT molecular complexity index is 998. The van der Waals surface area contributed by atoms with Crippen molar-refractivity contribution < 1.29 is 14.5 Å². The fraction of sp³-hybridized carbons (Fsp3) is 0.158. The summed E-state index contributed by atoms with van der Waals surface area (Å²) in [7, 11) is 1.56. The molecule has 2 aromatic rings. The molecule has 0 aliphatic carbocycles. The number of carbonyl (C=O) groups is 1. The zero-order valence-corrected chi connectivity index (χ0v) is 15.8. The molecule has 8 heteroatoms. The molecule has 1 N–H and O–H groups in total. The number of methoxy groups -OCH3 is 1. The summed E-state index contributed by atoms with van der Waals surface area (Å²) in [5.74, 6) is 0.308. The van der Waals surface area contributed by atoms with Crippen molar-refractivity contribution in [2.45, 2.75) is 13.8 Å². The van der Waals surface area contributed by atoms with Crippen LogP contribution in [0.2, 0.25) is 0 Å². The number of nitro benzene ring substituents is 1. The lowest BCUT2D eigenvalue weighted by Gasteiger charge is -2.05. The Morgan fingerprint density at radius 1 is 1.22 bits per heavy atom. The number of hydrogen-bond acceptors (Lipinski definition) is 6. The molecule has 3 rings (SSSR count). The molecule has 1 aliphatic rings. The summed E-state index contributed by atoms with van der Waals surface area (Å²) >= 11 is 1.18. The molecule has 0 saturated carbocycles. The highest BCUT2D eigenvalue weighted by Gasteiger charge is 2.24. The molecule has 0 radical (unpaired) electrons. The highest BCUT2D eigenvalue weighted by molar-refractivity contribution is 8.18. The van der Waals surface area contributed by atoms with Crippen LogP contribution >= 0.6 is 11.8 Å². The first-order valence-corrected chi connectivity index (χ1v) is 8.88. The molecule has 27 heavy (non-hydrogen) atoms. The standard InChI is InChI=1S/C19H17N3O4S/c1-11-4-7-16(26-3)14(8-11)20-19-21-18(23)17(27-19)10-13-6-5-12(2)15(9-13)22(24)25/h4-10H,1-3H3,(H,20,21,23)/b17-10-. The maximum Gasteiger partial charge on any atom is 0.272 e. The SMILES string of the molecule is COc1ccc(C)cc1N=C1NC(=O)/C(=C/c2ccc(C)c([N+](=O)[O-])c2)S1. The summed E-state index contributed by atoms with van der Waals surface area (Å²) in [6.07, 6.45) is 1.61. The lowest BCUT2D eigenvalue weighted by molar-refractivity contribution is -0.385. The van der Waals surface area contributed by atoms with Crippen molar-refractivity contribution in [1.82, 2.24) is 5.32 Å². The van der Waals surface area contributed by atoms with Crippen LogP contribution in [0.3, 0.4) is 0 Å². The van der Waals surface area contributed by atoms with E-state index < -0.39 is 4.92 Å². The Kier molecular flexibility index (Phi) is 5.27. The average molecular weight is 383 g/mol. The van der Waals surface area contributed by atoms with Gasteiger partial charge in [0.25, 0.3) is 11.6 Å². The van der Waals surface area contributed by atoms with Crippen molar-refractivity contribution >= 4 is 40.3 Å². The minimum atomic E-state index is -0.434. The summed E-state index contributed by atoms with van der Waals surface area (Å²) in [6, 6.07) is 10.5. The molecule has 0 unspecified atom stereocenters. The fourth-order valence-electron chi connectivity index (χ4n) is 2.54. The summed E-state index contributed by atoms with van der Waals surface area (Å²) < 4.78 is 5.30. The molecule has 1 aliphatic heterocycles. The number of rotatable bonds is 4. The van der Waals surface area contributed by atoms with Gasteiger partial charge in [0.05, 0.1) is 16.9 Å². The highest BCUT2D eigenvalue weighted by atomic mass is 32.2. The maximum absolute atomic E-state index is 12.2. The van der Waals surface area contributed by atoms with Crippen LogP contribution in [0.1, 0.15) is 16.7 Å². The maximum atomic E-state index is 12.2. The van der Waals surface area contributed by atoms with Crippen LogP contribution in [0, 0.1) is 24.0 Å². The van der Waals surface area contributed by atoms with Gasteiger partial charge in [0.2, 0.25) is 0 Å². The van der Waals surface area contributed by atoms with Crippen molar-refractivity contribution in [1.29, 1.82) is 0 Å². The number of nitrogens with one attached hydrogen (secondary N) is 1. The first-order valence-electron chi connectivity index (χ1n) is 8.06. The molecule has 0 bridgehead atoms. The van der Waals surface area contributed by atoms with Crippen LogP contribution in [-0.4, -0.2) is 23.1 Å². The molecule has 1 fully saturated rings. The van der Waals surface area contributed by atoms with Crippen molar-refractivity contribution in [3.8, 4) is 5.75 Å². The van der Waals surface area contributed by atoms with Gasteiger partial charge >= 0.3 is 0 Å². The van der Waals surface area contributed by atoms with Crippen molar-refractivity contribution in [3.05, 3.63) is 68.1 Å². The molecular formula is C19H17N3O4S. The largest absolute Gasteiger partial charge is 0.494 e. The average Bonchev–Trinajstić information content (AvgIpc) is 2.95. The van der Waals surface area contributed by atoms with Gasteiger partial charge in [-0.25, -0.2) is 4.99 Å². The van der Waals surface area contributed by atoms with Gasteiger partial charge in [-0.1, -0.05) is 18.2 Å². The lowest BCUT2D eigenvalue weighted by atomic mass is 10.1. The van der Waals surface area contributed by atoms with Crippen molar-refractivity contribution in [3.63, 3.8) is 0 Å². The monoisotopic (exact) mass is 383 g/mol. The molecule has 0 atom stereocenters. The second-order valence-electron chi connectivity index (χ2n) is 5.96. The van der Waals surface area contributed by atoms with E-state index in [4.69, 9.17) is 4.74 Å². The summed E-state index contributed by atoms with van der Waals surface area (Å²) in [5.41, 5.74) is 2.81. The Morgan fingerprint density at radius 3 is 2.70 bits per heavy atom. The smallest absolute Gasteiger partial charge is 0.272 e. The van der Waals surface area contributed by atoms with Gasteiger partial charge < -0.3 is 10.1 Å². The number of amides is 1. The summed E-state index contributed by atoms with van der Waals surface area (Å²) in [6.45, 7) is 3.62. The van der Waals surface area contributed by atoms with Crippen LogP contribution in [-0.2, 0) is 4.79 Å². The van der Waals surface area contributed by atoms with Gasteiger partial charge in [0.15, 0.2) is 5.17 Å². The molecule has 0 spiro atoms. The van der Waals surface area contributed by atoms with E-state index in [1.54, 1.807) is 32.2 Å². The minimum Gasteiger partial charge on any atom is -0.494 e. The van der Waals surface area contributed by atoms with E-state index >= 15 is 0 Å². The predicted octanol–water partition coefficient (Wildman–Crippen LogP) is 4.11. The molecule has 2 aromatic carbocycles. The normalized spacial score (nSPS) is 16.6. The van der Waals surface area contributed by atoms with Gasteiger partial charge in [-0.05, 0) is 54.9 Å². The summed E-state index contributed by atoms with van der Waals surface area (Å²) in [5, 5.41) is 14.2. The lowest BCUT2D eigenvalue weighted by Crippen LogP contribution is -2.19. The van der Waals surface area contributed by atoms with Crippen molar-refractivity contribution in [2.75, 3.05) is 7.11 Å². The third kappa shape index (κ3) is 4.17. The number of carbonyl (C=O) groups excluding carboxylic acids is 1. The van der Waals surface area contributed by atoms with Crippen LogP contribution in [0.15, 0.2) is 46.3 Å². The van der Waals surface area contributed by atoms with E-state index in [2.05, 4.69) is 10.3 Å². The molecule has 7 nitrogen and oxygen atoms in total. The van der Waals surface area contributed by atoms with Gasteiger partial charge in [0, 0.05) is 11.6 Å². The van der Waals surface area contributed by atoms with Crippen LogP contribution < -0.4 is 10.1 Å². The topological polar surface area (TPSA) is 93.8 Å². The number of benzene rings is 2. The van der Waals surface area contributed by atoms with E-state index in [0.29, 0.717) is 32.6 Å². The molecule has 1 heterocycles. The molecule has 1 amide bonds. The first kappa shape index (κ1) is 18.7. The highest BCUT2D eigenvalue weighted by Crippen LogP contribution is 2.33. The molecular weight excluding hydrogens is 366 g/mol. The number of nitrogens with zero attached hydrogens (tertiary/aromatic N) is 2. The number of hydrogen-bond donors (Lipinski definition) is 1. The van der Waals surface area contributed by atoms with Gasteiger partial charge in [0.1, 0.15) is 11.4 Å². The predicted molar refractivity (Wildman–Crippen MR) is 106 cm³/mol. The molecule has 138 valence electrons. The third-order valence-corrected chi connectivity index (χ3v) is 4.84. The number of ether oxygens (including phenoxy) is 1. The Hall–Kier alpha value is -3.13. The van der Waals surface area contributed by atoms with E-state index in [-0.39, 0.29) is 11.6 Å². The second kappa shape index (κ2) is 7.63. The molecule has 1 saturated heterocycles. The van der Waals surface area contributed by atoms with Crippen LogP contribution in [0.4, 0.5) is 11.4 Å². The number of aryl methyl sites for hydroxylation is 2. The summed E-state index contributed by atoms with van der Waals surface area (Å²) in [4.78, 5) is 27.8. The number of amidine groups is 1. The van der Waals surface area contributed by atoms with Gasteiger partial charge in [-0.3, -0.25) is 14.9 Å². The second-order valence-corrected chi connectivity index (χ2v) is 6.99. The van der Waals surface area contributed by atoms with E-state index in [0.717, 1.165) is 5.56 Å². The Labute approximate surface area is 160 Å². The van der Waals surface area contributed by atoms with Gasteiger partial charge in [-0.2, -0.15) is 0 Å². The quantitative estimate of drug-likeness (QED) is 0.487. The van der Waals surface area contributed by atoms with Crippen LogP contribution in [0.25, 0.3) is 6.08 Å². The van der Waals surface area contributed by atoms with Crippen molar-refractivity contribution in [2.24, 2.45) is 4.99 Å². The Balaban J connectivity index is 1.90. The zero-order chi connectivity index (χ0) is 19.6. The van der Waals surface area contributed by atoms with Gasteiger partial charge in [-0.15, -0.1) is 0 Å². The fourth-order valence-corrected chi connectivity index (χ4v) is 3.38. The molecule has 0 aromatic heterocycles. The zero-order valence-electron chi connectivity index (χ0n) is 15.0. The number of thioether (sulfide) groups is 1. The van der Waals surface area contributed by atoms with E-state index in [1.165, 1.54) is 17.8 Å². The Morgan fingerprint density at radius 2 is 2.00 bits per heavy atom. The first-order chi connectivity index (χ1) is 12.9. The number of nitro groups is 1. The van der Waals surface area contributed by atoms with E-state index in [1.807, 2.05) is 25.1 Å². The van der Waals surface area contributed by atoms with Crippen LogP contribution in [0.5, 0.6) is 5.75 Å². The third-order valence-electron chi connectivity index (χ3n) is 3.93. The minimum absolute atomic E-state index is 0.0196. The van der Waals surface area contributed by atoms with E-state index in [9.17, 15) is 14.9 Å².